The van der Waals surface area contributed by atoms with Crippen LogP contribution in [0.25, 0.3) is 0 Å². The number of aryl methyl sites for hydroxylation is 1. The minimum absolute atomic E-state index is 0.126. The quantitative estimate of drug-likeness (QED) is 0.652. The lowest BCUT2D eigenvalue weighted by molar-refractivity contribution is -0.384. The topological polar surface area (TPSA) is 83.7 Å². The fourth-order valence-corrected chi connectivity index (χ4v) is 2.39. The molecule has 2 aromatic carbocycles. The highest BCUT2D eigenvalue weighted by Crippen LogP contribution is 2.18. The van der Waals surface area contributed by atoms with E-state index in [4.69, 9.17) is 0 Å². The van der Waals surface area contributed by atoms with Gasteiger partial charge in [0.05, 0.1) is 17.6 Å². The molecule has 0 bridgehead atoms. The van der Waals surface area contributed by atoms with Crippen LogP contribution in [0.3, 0.4) is 0 Å². The SMILES string of the molecule is CCN(CC(O)c1ccc(C)cc1)C(=O)c1cccc([N+](=O)[O-])c1. The maximum atomic E-state index is 12.6. The summed E-state index contributed by atoms with van der Waals surface area (Å²) in [5.41, 5.74) is 1.93. The maximum absolute atomic E-state index is 12.6. The first-order chi connectivity index (χ1) is 11.4. The minimum Gasteiger partial charge on any atom is -0.387 e. The predicted octanol–water partition coefficient (Wildman–Crippen LogP) is 3.10. The Morgan fingerprint density at radius 3 is 2.50 bits per heavy atom. The fraction of sp³-hybridized carbons (Fsp3) is 0.278. The average Bonchev–Trinajstić information content (AvgIpc) is 2.59. The molecule has 0 spiro atoms. The molecule has 0 heterocycles. The molecule has 0 fully saturated rings. The van der Waals surface area contributed by atoms with Gasteiger partial charge >= 0.3 is 0 Å². The van der Waals surface area contributed by atoms with E-state index in [1.54, 1.807) is 6.92 Å². The number of nitro groups is 1. The van der Waals surface area contributed by atoms with Crippen molar-refractivity contribution >= 4 is 11.6 Å². The van der Waals surface area contributed by atoms with Crippen LogP contribution < -0.4 is 0 Å². The molecular formula is C18H20N2O4. The van der Waals surface area contributed by atoms with Gasteiger partial charge < -0.3 is 10.0 Å². The van der Waals surface area contributed by atoms with Crippen LogP contribution in [-0.2, 0) is 0 Å². The van der Waals surface area contributed by atoms with E-state index in [1.165, 1.54) is 29.2 Å². The van der Waals surface area contributed by atoms with Gasteiger partial charge in [0.15, 0.2) is 0 Å². The molecule has 1 atom stereocenters. The number of nitro benzene ring substituents is 1. The molecule has 2 aromatic rings. The fourth-order valence-electron chi connectivity index (χ4n) is 2.39. The highest BCUT2D eigenvalue weighted by atomic mass is 16.6. The van der Waals surface area contributed by atoms with Gasteiger partial charge in [-0.15, -0.1) is 0 Å². The van der Waals surface area contributed by atoms with Gasteiger partial charge in [-0.25, -0.2) is 0 Å². The molecule has 1 unspecified atom stereocenters. The van der Waals surface area contributed by atoms with Gasteiger partial charge in [-0.1, -0.05) is 35.9 Å². The first kappa shape index (κ1) is 17.6. The van der Waals surface area contributed by atoms with E-state index in [9.17, 15) is 20.0 Å². The average molecular weight is 328 g/mol. The number of benzene rings is 2. The summed E-state index contributed by atoms with van der Waals surface area (Å²) in [7, 11) is 0. The van der Waals surface area contributed by atoms with Crippen LogP contribution >= 0.6 is 0 Å². The molecule has 6 heteroatoms. The van der Waals surface area contributed by atoms with Crippen LogP contribution in [0.2, 0.25) is 0 Å². The Balaban J connectivity index is 2.15. The number of rotatable bonds is 6. The number of amides is 1. The first-order valence-corrected chi connectivity index (χ1v) is 7.70. The molecule has 1 amide bonds. The highest BCUT2D eigenvalue weighted by Gasteiger charge is 2.20. The highest BCUT2D eigenvalue weighted by molar-refractivity contribution is 5.94. The molecule has 0 aromatic heterocycles. The van der Waals surface area contributed by atoms with E-state index >= 15 is 0 Å². The molecule has 24 heavy (non-hydrogen) atoms. The van der Waals surface area contributed by atoms with E-state index in [0.29, 0.717) is 6.54 Å². The smallest absolute Gasteiger partial charge is 0.270 e. The second kappa shape index (κ2) is 7.70. The lowest BCUT2D eigenvalue weighted by atomic mass is 10.1. The summed E-state index contributed by atoms with van der Waals surface area (Å²) >= 11 is 0. The molecule has 126 valence electrons. The molecule has 0 aliphatic heterocycles. The van der Waals surface area contributed by atoms with Crippen molar-refractivity contribution in [3.05, 3.63) is 75.3 Å². The Bertz CT molecular complexity index is 728. The van der Waals surface area contributed by atoms with E-state index < -0.39 is 11.0 Å². The van der Waals surface area contributed by atoms with E-state index in [1.807, 2.05) is 31.2 Å². The van der Waals surface area contributed by atoms with Crippen molar-refractivity contribution in [2.45, 2.75) is 20.0 Å². The Morgan fingerprint density at radius 1 is 1.25 bits per heavy atom. The first-order valence-electron chi connectivity index (χ1n) is 7.70. The van der Waals surface area contributed by atoms with Gasteiger partial charge in [-0.3, -0.25) is 14.9 Å². The van der Waals surface area contributed by atoms with Crippen LogP contribution in [0.4, 0.5) is 5.69 Å². The van der Waals surface area contributed by atoms with Crippen molar-refractivity contribution in [2.75, 3.05) is 13.1 Å². The number of hydrogen-bond donors (Lipinski definition) is 1. The molecule has 0 aliphatic carbocycles. The molecule has 1 N–H and O–H groups in total. The van der Waals surface area contributed by atoms with Crippen LogP contribution in [0.5, 0.6) is 0 Å². The molecule has 0 aliphatic rings. The number of non-ortho nitro benzene ring substituents is 1. The monoisotopic (exact) mass is 328 g/mol. The third-order valence-corrected chi connectivity index (χ3v) is 3.83. The lowest BCUT2D eigenvalue weighted by Crippen LogP contribution is -2.34. The van der Waals surface area contributed by atoms with Crippen molar-refractivity contribution < 1.29 is 14.8 Å². The Morgan fingerprint density at radius 2 is 1.92 bits per heavy atom. The van der Waals surface area contributed by atoms with Crippen molar-refractivity contribution in [3.8, 4) is 0 Å². The summed E-state index contributed by atoms with van der Waals surface area (Å²) in [6.07, 6.45) is -0.812. The number of carbonyl (C=O) groups is 1. The summed E-state index contributed by atoms with van der Waals surface area (Å²) in [4.78, 5) is 24.4. The van der Waals surface area contributed by atoms with Gasteiger partial charge in [-0.05, 0) is 25.5 Å². The number of aliphatic hydroxyl groups excluding tert-OH is 1. The van der Waals surface area contributed by atoms with Crippen molar-refractivity contribution in [1.29, 1.82) is 0 Å². The van der Waals surface area contributed by atoms with Crippen molar-refractivity contribution in [2.24, 2.45) is 0 Å². The minimum atomic E-state index is -0.812. The lowest BCUT2D eigenvalue weighted by Gasteiger charge is -2.24. The van der Waals surface area contributed by atoms with Crippen molar-refractivity contribution in [3.63, 3.8) is 0 Å². The normalized spacial score (nSPS) is 11.8. The number of nitrogens with zero attached hydrogens (tertiary/aromatic N) is 2. The summed E-state index contributed by atoms with van der Waals surface area (Å²) in [5.74, 6) is -0.340. The Hall–Kier alpha value is -2.73. The third-order valence-electron chi connectivity index (χ3n) is 3.83. The van der Waals surface area contributed by atoms with Gasteiger partial charge in [0, 0.05) is 24.2 Å². The summed E-state index contributed by atoms with van der Waals surface area (Å²) in [5, 5.41) is 21.2. The summed E-state index contributed by atoms with van der Waals surface area (Å²) in [6, 6.07) is 13.1. The van der Waals surface area contributed by atoms with Gasteiger partial charge in [0.2, 0.25) is 0 Å². The summed E-state index contributed by atoms with van der Waals surface area (Å²) in [6.45, 7) is 4.28. The van der Waals surface area contributed by atoms with E-state index in [0.717, 1.165) is 11.1 Å². The van der Waals surface area contributed by atoms with Crippen LogP contribution in [-0.4, -0.2) is 33.9 Å². The second-order valence-electron chi connectivity index (χ2n) is 5.58. The standard InChI is InChI=1S/C18H20N2O4/c1-3-19(12-17(21)14-9-7-13(2)8-10-14)18(22)15-5-4-6-16(11-15)20(23)24/h4-11,17,21H,3,12H2,1-2H3. The Kier molecular flexibility index (Phi) is 5.65. The zero-order valence-corrected chi connectivity index (χ0v) is 13.7. The van der Waals surface area contributed by atoms with Gasteiger partial charge in [0.25, 0.3) is 11.6 Å². The molecular weight excluding hydrogens is 308 g/mol. The Labute approximate surface area is 140 Å². The van der Waals surface area contributed by atoms with Crippen LogP contribution in [0, 0.1) is 17.0 Å². The number of likely N-dealkylation sites (N-methyl/N-ethyl adjacent to an activating group) is 1. The molecule has 6 nitrogen and oxygen atoms in total. The molecule has 0 saturated heterocycles. The number of aliphatic hydroxyl groups is 1. The largest absolute Gasteiger partial charge is 0.387 e. The van der Waals surface area contributed by atoms with E-state index in [-0.39, 0.29) is 23.7 Å². The predicted molar refractivity (Wildman–Crippen MR) is 90.8 cm³/mol. The maximum Gasteiger partial charge on any atom is 0.270 e. The van der Waals surface area contributed by atoms with Crippen LogP contribution in [0.15, 0.2) is 48.5 Å². The number of carbonyl (C=O) groups excluding carboxylic acids is 1. The molecule has 0 saturated carbocycles. The zero-order valence-electron chi connectivity index (χ0n) is 13.7. The second-order valence-corrected chi connectivity index (χ2v) is 5.58. The molecule has 0 radical (unpaired) electrons. The number of hydrogen-bond acceptors (Lipinski definition) is 4. The van der Waals surface area contributed by atoms with Crippen molar-refractivity contribution in [1.82, 2.24) is 4.90 Å². The zero-order chi connectivity index (χ0) is 17.7. The van der Waals surface area contributed by atoms with Gasteiger partial charge in [-0.2, -0.15) is 0 Å². The van der Waals surface area contributed by atoms with E-state index in [2.05, 4.69) is 0 Å². The third kappa shape index (κ3) is 4.17. The summed E-state index contributed by atoms with van der Waals surface area (Å²) < 4.78 is 0. The molecule has 2 rings (SSSR count). The van der Waals surface area contributed by atoms with Gasteiger partial charge in [0.1, 0.15) is 0 Å². The van der Waals surface area contributed by atoms with Crippen LogP contribution in [0.1, 0.15) is 34.5 Å².